The molecule has 0 aliphatic rings. The zero-order valence-electron chi connectivity index (χ0n) is 16.3. The number of thioether (sulfide) groups is 1. The van der Waals surface area contributed by atoms with Crippen molar-refractivity contribution in [2.45, 2.75) is 10.9 Å². The van der Waals surface area contributed by atoms with E-state index in [0.29, 0.717) is 33.4 Å². The maximum absolute atomic E-state index is 13.2. The number of nitrogens with one attached hydrogen (secondary N) is 1. The van der Waals surface area contributed by atoms with Crippen LogP contribution >= 0.6 is 11.8 Å². The molecule has 31 heavy (non-hydrogen) atoms. The highest BCUT2D eigenvalue weighted by molar-refractivity contribution is 7.98. The van der Waals surface area contributed by atoms with E-state index >= 15 is 0 Å². The fourth-order valence-corrected chi connectivity index (χ4v) is 4.06. The number of nitrogens with zero attached hydrogens (tertiary/aromatic N) is 4. The normalized spacial score (nSPS) is 11.0. The number of aromatic nitrogens is 5. The van der Waals surface area contributed by atoms with E-state index in [4.69, 9.17) is 4.74 Å². The van der Waals surface area contributed by atoms with Gasteiger partial charge in [0.15, 0.2) is 10.8 Å². The molecule has 2 aromatic carbocycles. The second-order valence-corrected chi connectivity index (χ2v) is 7.67. The highest BCUT2D eigenvalue weighted by Crippen LogP contribution is 2.26. The molecule has 7 nitrogen and oxygen atoms in total. The van der Waals surface area contributed by atoms with E-state index in [2.05, 4.69) is 20.2 Å². The van der Waals surface area contributed by atoms with Gasteiger partial charge in [-0.15, -0.1) is 0 Å². The Morgan fingerprint density at radius 1 is 0.935 bits per heavy atom. The SMILES string of the molecule is O=c1c2cn[nH]c2nc(SCc2cccnc2)n1-c1ccc(Oc2ccccc2)cc1. The molecular formula is C23H17N5O2S. The monoisotopic (exact) mass is 427 g/mol. The third-order valence-corrected chi connectivity index (χ3v) is 5.63. The topological polar surface area (TPSA) is 85.7 Å². The number of aromatic amines is 1. The van der Waals surface area contributed by atoms with Gasteiger partial charge in [0.05, 0.1) is 11.9 Å². The molecule has 152 valence electrons. The average Bonchev–Trinajstić information content (AvgIpc) is 3.29. The maximum Gasteiger partial charge on any atom is 0.269 e. The first-order chi connectivity index (χ1) is 15.3. The molecular weight excluding hydrogens is 410 g/mol. The predicted molar refractivity (Wildman–Crippen MR) is 120 cm³/mol. The number of hydrogen-bond donors (Lipinski definition) is 1. The minimum Gasteiger partial charge on any atom is -0.457 e. The average molecular weight is 427 g/mol. The third kappa shape index (κ3) is 4.06. The van der Waals surface area contributed by atoms with Crippen LogP contribution in [0.5, 0.6) is 11.5 Å². The van der Waals surface area contributed by atoms with Crippen LogP contribution in [0.4, 0.5) is 0 Å². The van der Waals surface area contributed by atoms with Crippen molar-refractivity contribution in [3.63, 3.8) is 0 Å². The lowest BCUT2D eigenvalue weighted by atomic mass is 10.3. The molecule has 5 aromatic rings. The Kier molecular flexibility index (Phi) is 5.20. The quantitative estimate of drug-likeness (QED) is 0.315. The van der Waals surface area contributed by atoms with Gasteiger partial charge in [-0.05, 0) is 48.0 Å². The van der Waals surface area contributed by atoms with Crippen molar-refractivity contribution in [1.29, 1.82) is 0 Å². The number of ether oxygens (including phenoxy) is 1. The number of benzene rings is 2. The summed E-state index contributed by atoms with van der Waals surface area (Å²) in [5, 5.41) is 7.78. The zero-order valence-corrected chi connectivity index (χ0v) is 17.1. The van der Waals surface area contributed by atoms with E-state index in [9.17, 15) is 4.79 Å². The molecule has 1 N–H and O–H groups in total. The summed E-state index contributed by atoms with van der Waals surface area (Å²) in [6.45, 7) is 0. The van der Waals surface area contributed by atoms with Gasteiger partial charge in [-0.25, -0.2) is 4.98 Å². The predicted octanol–water partition coefficient (Wildman–Crippen LogP) is 4.59. The molecule has 0 fully saturated rings. The minimum absolute atomic E-state index is 0.177. The van der Waals surface area contributed by atoms with Gasteiger partial charge in [-0.1, -0.05) is 36.0 Å². The van der Waals surface area contributed by atoms with Crippen molar-refractivity contribution in [3.8, 4) is 17.2 Å². The number of H-pyrrole nitrogens is 1. The summed E-state index contributed by atoms with van der Waals surface area (Å²) in [4.78, 5) is 22.0. The van der Waals surface area contributed by atoms with E-state index in [1.54, 1.807) is 17.0 Å². The summed E-state index contributed by atoms with van der Waals surface area (Å²) in [6.07, 6.45) is 5.04. The van der Waals surface area contributed by atoms with Crippen LogP contribution in [0.2, 0.25) is 0 Å². The van der Waals surface area contributed by atoms with Gasteiger partial charge in [0, 0.05) is 18.1 Å². The first-order valence-corrected chi connectivity index (χ1v) is 10.6. The van der Waals surface area contributed by atoms with Crippen molar-refractivity contribution >= 4 is 22.8 Å². The molecule has 8 heteroatoms. The van der Waals surface area contributed by atoms with Crippen LogP contribution in [0, 0.1) is 0 Å². The van der Waals surface area contributed by atoms with E-state index in [0.717, 1.165) is 11.3 Å². The van der Waals surface area contributed by atoms with Gasteiger partial charge < -0.3 is 4.74 Å². The molecule has 0 amide bonds. The molecule has 3 heterocycles. The number of fused-ring (bicyclic) bond motifs is 1. The first-order valence-electron chi connectivity index (χ1n) is 9.59. The smallest absolute Gasteiger partial charge is 0.269 e. The Morgan fingerprint density at radius 3 is 2.52 bits per heavy atom. The van der Waals surface area contributed by atoms with E-state index < -0.39 is 0 Å². The van der Waals surface area contributed by atoms with E-state index in [1.165, 1.54) is 18.0 Å². The van der Waals surface area contributed by atoms with Crippen molar-refractivity contribution in [3.05, 3.63) is 101 Å². The van der Waals surface area contributed by atoms with Gasteiger partial charge >= 0.3 is 0 Å². The Labute approximate surface area is 181 Å². The Balaban J connectivity index is 1.50. The summed E-state index contributed by atoms with van der Waals surface area (Å²) in [5.74, 6) is 2.07. The molecule has 0 unspecified atom stereocenters. The number of hydrogen-bond acceptors (Lipinski definition) is 6. The molecule has 0 bridgehead atoms. The molecule has 0 spiro atoms. The zero-order chi connectivity index (χ0) is 21.0. The van der Waals surface area contributed by atoms with Gasteiger partial charge in [0.2, 0.25) is 0 Å². The standard InChI is InChI=1S/C23H17N5O2S/c29-22-20-14-25-27-21(20)26-23(31-15-16-5-4-12-24-13-16)28(22)17-8-10-19(11-9-17)30-18-6-2-1-3-7-18/h1-14H,15H2,(H,25,27). The Bertz CT molecular complexity index is 1370. The van der Waals surface area contributed by atoms with Crippen LogP contribution in [0.25, 0.3) is 16.7 Å². The molecule has 0 saturated heterocycles. The Hall–Kier alpha value is -3.91. The molecule has 0 atom stereocenters. The number of rotatable bonds is 6. The first kappa shape index (κ1) is 19.1. The third-order valence-electron chi connectivity index (χ3n) is 4.62. The highest BCUT2D eigenvalue weighted by atomic mass is 32.2. The van der Waals surface area contributed by atoms with E-state index in [1.807, 2.05) is 66.7 Å². The maximum atomic E-state index is 13.2. The number of pyridine rings is 1. The summed E-state index contributed by atoms with van der Waals surface area (Å²) >= 11 is 1.47. The lowest BCUT2D eigenvalue weighted by Gasteiger charge is -2.13. The minimum atomic E-state index is -0.177. The fourth-order valence-electron chi connectivity index (χ4n) is 3.12. The van der Waals surface area contributed by atoms with Crippen molar-refractivity contribution in [2.75, 3.05) is 0 Å². The second-order valence-electron chi connectivity index (χ2n) is 6.73. The fraction of sp³-hybridized carbons (Fsp3) is 0.0435. The summed E-state index contributed by atoms with van der Waals surface area (Å²) in [5.41, 5.74) is 2.04. The van der Waals surface area contributed by atoms with Crippen molar-refractivity contribution < 1.29 is 4.74 Å². The largest absolute Gasteiger partial charge is 0.457 e. The summed E-state index contributed by atoms with van der Waals surface area (Å²) in [7, 11) is 0. The lowest BCUT2D eigenvalue weighted by Crippen LogP contribution is -2.21. The van der Waals surface area contributed by atoms with Gasteiger partial charge in [-0.3, -0.25) is 19.4 Å². The van der Waals surface area contributed by atoms with Gasteiger partial charge in [-0.2, -0.15) is 5.10 Å². The van der Waals surface area contributed by atoms with Crippen LogP contribution in [-0.4, -0.2) is 24.7 Å². The molecule has 3 aromatic heterocycles. The molecule has 0 aliphatic heterocycles. The van der Waals surface area contributed by atoms with Crippen LogP contribution < -0.4 is 10.3 Å². The van der Waals surface area contributed by atoms with Crippen LogP contribution in [-0.2, 0) is 5.75 Å². The van der Waals surface area contributed by atoms with Crippen LogP contribution in [0.3, 0.4) is 0 Å². The second kappa shape index (κ2) is 8.45. The van der Waals surface area contributed by atoms with E-state index in [-0.39, 0.29) is 5.56 Å². The van der Waals surface area contributed by atoms with Crippen LogP contribution in [0.1, 0.15) is 5.56 Å². The molecule has 0 saturated carbocycles. The molecule has 5 rings (SSSR count). The number of para-hydroxylation sites is 1. The van der Waals surface area contributed by atoms with Crippen molar-refractivity contribution in [1.82, 2.24) is 24.7 Å². The van der Waals surface area contributed by atoms with Crippen molar-refractivity contribution in [2.24, 2.45) is 0 Å². The Morgan fingerprint density at radius 2 is 1.74 bits per heavy atom. The summed E-state index contributed by atoms with van der Waals surface area (Å²) < 4.78 is 7.47. The van der Waals surface area contributed by atoms with Gasteiger partial charge in [0.1, 0.15) is 16.9 Å². The molecule has 0 radical (unpaired) electrons. The van der Waals surface area contributed by atoms with Crippen LogP contribution in [0.15, 0.2) is 95.3 Å². The highest BCUT2D eigenvalue weighted by Gasteiger charge is 2.15. The lowest BCUT2D eigenvalue weighted by molar-refractivity contribution is 0.482. The van der Waals surface area contributed by atoms with Gasteiger partial charge in [0.25, 0.3) is 5.56 Å². The molecule has 0 aliphatic carbocycles. The summed E-state index contributed by atoms with van der Waals surface area (Å²) in [6, 6.07) is 20.8.